The number of nitrogens with zero attached hydrogens (tertiary/aromatic N) is 2. The maximum Gasteiger partial charge on any atom is 0.241 e. The summed E-state index contributed by atoms with van der Waals surface area (Å²) >= 11 is 0. The molecule has 0 aromatic carbocycles. The van der Waals surface area contributed by atoms with Gasteiger partial charge < -0.3 is 9.95 Å². The predicted octanol–water partition coefficient (Wildman–Crippen LogP) is 0.180. The molecule has 3 heteroatoms. The van der Waals surface area contributed by atoms with Gasteiger partial charge >= 0.3 is 0 Å². The lowest BCUT2D eigenvalue weighted by atomic mass is 10.3. The molecule has 0 aliphatic carbocycles. The lowest BCUT2D eigenvalue weighted by molar-refractivity contribution is 0.196. The van der Waals surface area contributed by atoms with Crippen LogP contribution in [-0.4, -0.2) is 17.8 Å². The predicted molar refractivity (Wildman–Crippen MR) is 27.7 cm³/mol. The van der Waals surface area contributed by atoms with Gasteiger partial charge in [0.25, 0.3) is 0 Å². The zero-order valence-corrected chi connectivity index (χ0v) is 4.33. The van der Waals surface area contributed by atoms with Crippen molar-refractivity contribution in [2.75, 3.05) is 6.54 Å². The van der Waals surface area contributed by atoms with E-state index in [1.807, 2.05) is 0 Å². The van der Waals surface area contributed by atoms with Crippen LogP contribution in [0.25, 0.3) is 4.85 Å². The third-order valence-electron chi connectivity index (χ3n) is 0.629. The summed E-state index contributed by atoms with van der Waals surface area (Å²) in [4.78, 5) is 2.90. The Bertz CT molecular complexity index is 114. The summed E-state index contributed by atoms with van der Waals surface area (Å²) in [5, 5.41) is 16.6. The molecule has 0 aromatic rings. The van der Waals surface area contributed by atoms with Gasteiger partial charge in [-0.1, -0.05) is 0 Å². The van der Waals surface area contributed by atoms with Crippen LogP contribution >= 0.6 is 0 Å². The number of aliphatic hydroxyl groups excluding tert-OH is 1. The van der Waals surface area contributed by atoms with Crippen LogP contribution in [0.5, 0.6) is 0 Å². The summed E-state index contributed by atoms with van der Waals surface area (Å²) in [6.45, 7) is 6.30. The second-order valence-electron chi connectivity index (χ2n) is 1.36. The normalized spacial score (nSPS) is 11.4. The fourth-order valence-electron chi connectivity index (χ4n) is 0.275. The average molecular weight is 111 g/mol. The van der Waals surface area contributed by atoms with Crippen LogP contribution in [0, 0.1) is 17.9 Å². The Morgan fingerprint density at radius 3 is 2.88 bits per heavy atom. The van der Waals surface area contributed by atoms with Gasteiger partial charge in [0.05, 0.1) is 12.5 Å². The van der Waals surface area contributed by atoms with Crippen molar-refractivity contribution in [1.82, 2.24) is 0 Å². The van der Waals surface area contributed by atoms with E-state index >= 15 is 0 Å². The molecule has 0 rings (SSSR count). The number of hydrogen-bond acceptors (Lipinski definition) is 2. The second kappa shape index (κ2) is 4.11. The van der Waals surface area contributed by atoms with Gasteiger partial charge in [0.15, 0.2) is 0 Å². The Kier molecular flexibility index (Phi) is 3.56. The van der Waals surface area contributed by atoms with E-state index in [1.165, 1.54) is 0 Å². The quantitative estimate of drug-likeness (QED) is 0.408. The first-order valence-corrected chi connectivity index (χ1v) is 2.19. The van der Waals surface area contributed by atoms with Crippen LogP contribution in [0.1, 0.15) is 6.42 Å². The molecule has 1 atom stereocenters. The minimum atomic E-state index is -0.752. The Morgan fingerprint density at radius 2 is 2.50 bits per heavy atom. The molecule has 0 fully saturated rings. The highest BCUT2D eigenvalue weighted by Gasteiger charge is 2.03. The lowest BCUT2D eigenvalue weighted by Gasteiger charge is -1.91. The van der Waals surface area contributed by atoms with E-state index in [1.54, 1.807) is 6.07 Å². The molecule has 1 N–H and O–H groups in total. The summed E-state index contributed by atoms with van der Waals surface area (Å²) in [6, 6.07) is 1.76. The topological polar surface area (TPSA) is 48.4 Å². The molecule has 0 spiro atoms. The molecule has 0 amide bonds. The summed E-state index contributed by atoms with van der Waals surface area (Å²) in [5.41, 5.74) is 0. The van der Waals surface area contributed by atoms with Gasteiger partial charge in [0.2, 0.25) is 6.54 Å². The largest absolute Gasteiger partial charge is 0.384 e. The van der Waals surface area contributed by atoms with Crippen molar-refractivity contribution in [2.45, 2.75) is 12.5 Å². The summed E-state index contributed by atoms with van der Waals surface area (Å²) in [6.07, 6.45) is -0.694. The first kappa shape index (κ1) is 6.94. The van der Waals surface area contributed by atoms with Gasteiger partial charge in [-0.05, 0) is 0 Å². The summed E-state index contributed by atoms with van der Waals surface area (Å²) in [5.74, 6) is 0. The van der Waals surface area contributed by atoms with E-state index in [4.69, 9.17) is 16.9 Å². The Hall–Kier alpha value is -1.06. The van der Waals surface area contributed by atoms with Crippen molar-refractivity contribution < 1.29 is 5.11 Å². The molecule has 0 aliphatic heterocycles. The Labute approximate surface area is 48.0 Å². The number of rotatable bonds is 2. The van der Waals surface area contributed by atoms with Crippen molar-refractivity contribution in [3.8, 4) is 6.07 Å². The van der Waals surface area contributed by atoms with Crippen LogP contribution in [0.4, 0.5) is 0 Å². The highest BCUT2D eigenvalue weighted by molar-refractivity contribution is 4.79. The zero-order valence-electron chi connectivity index (χ0n) is 4.33. The monoisotopic (exact) mass is 111 g/mol. The Balaban J connectivity index is 3.25. The van der Waals surface area contributed by atoms with E-state index in [0.717, 1.165) is 0 Å². The number of hydrogen-bond donors (Lipinski definition) is 1. The minimum Gasteiger partial charge on any atom is -0.384 e. The van der Waals surface area contributed by atoms with Crippen molar-refractivity contribution in [3.63, 3.8) is 0 Å². The van der Waals surface area contributed by atoms with Crippen LogP contribution in [0.15, 0.2) is 0 Å². The maximum absolute atomic E-state index is 8.61. The zero-order chi connectivity index (χ0) is 6.41. The molecule has 0 bridgehead atoms. The van der Waals surface area contributed by atoms with Crippen molar-refractivity contribution >= 4 is 0 Å². The molecular formula is C5H6N2O. The lowest BCUT2D eigenvalue weighted by Crippen LogP contribution is -2.07. The SMILES string of the molecule is [C-]#[N+]C[C@@H](O)CC#[15N]. The molecule has 42 valence electrons. The molecule has 0 saturated carbocycles. The van der Waals surface area contributed by atoms with Gasteiger partial charge in [0, 0.05) is 0 Å². The third-order valence-corrected chi connectivity index (χ3v) is 0.629. The highest BCUT2D eigenvalue weighted by atomic mass is 16.3. The van der Waals surface area contributed by atoms with E-state index in [2.05, 4.69) is 4.85 Å². The average Bonchev–Trinajstić information content (AvgIpc) is 1.68. The van der Waals surface area contributed by atoms with E-state index in [9.17, 15) is 0 Å². The number of aliphatic hydroxyl groups is 1. The van der Waals surface area contributed by atoms with E-state index < -0.39 is 6.10 Å². The molecule has 3 nitrogen and oxygen atoms in total. The van der Waals surface area contributed by atoms with Gasteiger partial charge in [-0.15, -0.1) is 0 Å². The van der Waals surface area contributed by atoms with Crippen LogP contribution < -0.4 is 0 Å². The molecule has 0 unspecified atom stereocenters. The first-order valence-electron chi connectivity index (χ1n) is 2.19. The third kappa shape index (κ3) is 3.14. The molecule has 0 radical (unpaired) electrons. The summed E-state index contributed by atoms with van der Waals surface area (Å²) < 4.78 is 0. The minimum absolute atomic E-state index is 0.0353. The smallest absolute Gasteiger partial charge is 0.241 e. The molecular weight excluding hydrogens is 105 g/mol. The molecule has 0 aliphatic rings. The fraction of sp³-hybridized carbons (Fsp3) is 0.600. The number of nitriles is 1. The highest BCUT2D eigenvalue weighted by Crippen LogP contribution is 1.88. The summed E-state index contributed by atoms with van der Waals surface area (Å²) in [7, 11) is 0. The van der Waals surface area contributed by atoms with Gasteiger partial charge in [-0.25, -0.2) is 6.57 Å². The van der Waals surface area contributed by atoms with Gasteiger partial charge in [0.1, 0.15) is 6.10 Å². The van der Waals surface area contributed by atoms with Crippen LogP contribution in [0.3, 0.4) is 0 Å². The van der Waals surface area contributed by atoms with Crippen LogP contribution in [-0.2, 0) is 0 Å². The Morgan fingerprint density at radius 1 is 1.88 bits per heavy atom. The molecule has 0 aromatic heterocycles. The second-order valence-corrected chi connectivity index (χ2v) is 1.36. The first-order chi connectivity index (χ1) is 3.81. The van der Waals surface area contributed by atoms with Crippen molar-refractivity contribution in [3.05, 3.63) is 11.4 Å². The molecule has 8 heavy (non-hydrogen) atoms. The van der Waals surface area contributed by atoms with E-state index in [0.29, 0.717) is 0 Å². The van der Waals surface area contributed by atoms with Gasteiger partial charge in [-0.2, -0.15) is 5.26 Å². The molecule has 0 saturated heterocycles. The van der Waals surface area contributed by atoms with E-state index in [-0.39, 0.29) is 13.0 Å². The van der Waals surface area contributed by atoms with Gasteiger partial charge in [-0.3, -0.25) is 0 Å². The van der Waals surface area contributed by atoms with Crippen molar-refractivity contribution in [1.29, 1.82) is 5.26 Å². The van der Waals surface area contributed by atoms with Crippen molar-refractivity contribution in [2.24, 2.45) is 0 Å². The van der Waals surface area contributed by atoms with Crippen LogP contribution in [0.2, 0.25) is 0 Å². The maximum atomic E-state index is 8.61. The standard InChI is InChI=1S/C5H6N2O/c1-7-4-5(8)2-3-6/h5,8H,2,4H2/t5-/m0/s1/i6+1. The fourth-order valence-corrected chi connectivity index (χ4v) is 0.275. The molecule has 0 heterocycles.